The minimum Gasteiger partial charge on any atom is -0.338 e. The SMILES string of the molecule is CCNCC1CCN(Cc2nc(CC)no2)CC1. The highest BCUT2D eigenvalue weighted by Crippen LogP contribution is 2.17. The van der Waals surface area contributed by atoms with Gasteiger partial charge in [-0.25, -0.2) is 0 Å². The summed E-state index contributed by atoms with van der Waals surface area (Å²) in [6, 6.07) is 0. The first-order valence-corrected chi connectivity index (χ1v) is 7.06. The zero-order valence-electron chi connectivity index (χ0n) is 11.5. The lowest BCUT2D eigenvalue weighted by atomic mass is 9.97. The minimum atomic E-state index is 0.761. The molecule has 102 valence electrons. The number of piperidine rings is 1. The highest BCUT2D eigenvalue weighted by atomic mass is 16.5. The molecule has 0 saturated carbocycles. The fraction of sp³-hybridized carbons (Fsp3) is 0.846. The van der Waals surface area contributed by atoms with E-state index in [4.69, 9.17) is 4.52 Å². The molecule has 0 spiro atoms. The fourth-order valence-electron chi connectivity index (χ4n) is 2.39. The van der Waals surface area contributed by atoms with Gasteiger partial charge in [-0.2, -0.15) is 4.98 Å². The van der Waals surface area contributed by atoms with Crippen molar-refractivity contribution in [3.05, 3.63) is 11.7 Å². The molecule has 1 aliphatic heterocycles. The smallest absolute Gasteiger partial charge is 0.240 e. The van der Waals surface area contributed by atoms with E-state index in [-0.39, 0.29) is 0 Å². The second-order valence-corrected chi connectivity index (χ2v) is 4.99. The molecule has 0 radical (unpaired) electrons. The van der Waals surface area contributed by atoms with Crippen LogP contribution in [0.4, 0.5) is 0 Å². The zero-order chi connectivity index (χ0) is 12.8. The molecular formula is C13H24N4O. The maximum absolute atomic E-state index is 5.23. The third-order valence-electron chi connectivity index (χ3n) is 3.58. The van der Waals surface area contributed by atoms with Crippen molar-refractivity contribution in [1.29, 1.82) is 0 Å². The Hall–Kier alpha value is -0.940. The summed E-state index contributed by atoms with van der Waals surface area (Å²) in [6.45, 7) is 9.52. The molecule has 0 unspecified atom stereocenters. The molecule has 0 aliphatic carbocycles. The molecule has 1 N–H and O–H groups in total. The predicted molar refractivity (Wildman–Crippen MR) is 70.2 cm³/mol. The lowest BCUT2D eigenvalue weighted by Gasteiger charge is -2.30. The minimum absolute atomic E-state index is 0.761. The van der Waals surface area contributed by atoms with E-state index in [1.807, 2.05) is 6.92 Å². The van der Waals surface area contributed by atoms with Crippen molar-refractivity contribution in [3.8, 4) is 0 Å². The van der Waals surface area contributed by atoms with E-state index in [1.54, 1.807) is 0 Å². The third-order valence-corrected chi connectivity index (χ3v) is 3.58. The summed E-state index contributed by atoms with van der Waals surface area (Å²) in [7, 11) is 0. The largest absolute Gasteiger partial charge is 0.338 e. The zero-order valence-corrected chi connectivity index (χ0v) is 11.5. The second kappa shape index (κ2) is 6.85. The molecule has 1 aromatic rings. The number of nitrogens with one attached hydrogen (secondary N) is 1. The van der Waals surface area contributed by atoms with E-state index in [2.05, 4.69) is 27.3 Å². The average molecular weight is 252 g/mol. The molecule has 5 nitrogen and oxygen atoms in total. The summed E-state index contributed by atoms with van der Waals surface area (Å²) >= 11 is 0. The molecule has 1 aliphatic rings. The highest BCUT2D eigenvalue weighted by molar-refractivity contribution is 4.86. The Labute approximate surface area is 109 Å². The van der Waals surface area contributed by atoms with Gasteiger partial charge in [-0.1, -0.05) is 19.0 Å². The third kappa shape index (κ3) is 3.78. The van der Waals surface area contributed by atoms with Crippen LogP contribution in [0.3, 0.4) is 0 Å². The van der Waals surface area contributed by atoms with Crippen LogP contribution in [0.1, 0.15) is 38.4 Å². The Morgan fingerprint density at radius 1 is 1.33 bits per heavy atom. The van der Waals surface area contributed by atoms with Crippen molar-refractivity contribution in [2.24, 2.45) is 5.92 Å². The molecular weight excluding hydrogens is 228 g/mol. The van der Waals surface area contributed by atoms with Gasteiger partial charge in [-0.15, -0.1) is 0 Å². The Kier molecular flexibility index (Phi) is 5.13. The van der Waals surface area contributed by atoms with Gasteiger partial charge >= 0.3 is 0 Å². The molecule has 1 fully saturated rings. The van der Waals surface area contributed by atoms with Gasteiger partial charge in [-0.05, 0) is 44.9 Å². The summed E-state index contributed by atoms with van der Waals surface area (Å²) in [5.41, 5.74) is 0. The van der Waals surface area contributed by atoms with E-state index in [1.165, 1.54) is 12.8 Å². The van der Waals surface area contributed by atoms with Crippen molar-refractivity contribution in [2.45, 2.75) is 39.7 Å². The first-order chi connectivity index (χ1) is 8.81. The quantitative estimate of drug-likeness (QED) is 0.830. The molecule has 18 heavy (non-hydrogen) atoms. The summed E-state index contributed by atoms with van der Waals surface area (Å²) in [5.74, 6) is 2.40. The van der Waals surface area contributed by atoms with E-state index in [9.17, 15) is 0 Å². The van der Waals surface area contributed by atoms with E-state index >= 15 is 0 Å². The summed E-state index contributed by atoms with van der Waals surface area (Å²) < 4.78 is 5.23. The fourth-order valence-corrected chi connectivity index (χ4v) is 2.39. The van der Waals surface area contributed by atoms with Gasteiger partial charge < -0.3 is 9.84 Å². The normalized spacial score (nSPS) is 18.3. The summed E-state index contributed by atoms with van der Waals surface area (Å²) in [4.78, 5) is 6.77. The topological polar surface area (TPSA) is 54.2 Å². The number of likely N-dealkylation sites (tertiary alicyclic amines) is 1. The molecule has 0 atom stereocenters. The maximum Gasteiger partial charge on any atom is 0.240 e. The average Bonchev–Trinajstić information content (AvgIpc) is 2.86. The molecule has 5 heteroatoms. The Morgan fingerprint density at radius 3 is 2.72 bits per heavy atom. The first kappa shape index (κ1) is 13.5. The van der Waals surface area contributed by atoms with Gasteiger partial charge in [-0.3, -0.25) is 4.90 Å². The summed E-state index contributed by atoms with van der Waals surface area (Å²) in [5, 5.41) is 7.37. The van der Waals surface area contributed by atoms with Crippen molar-refractivity contribution in [1.82, 2.24) is 20.4 Å². The van der Waals surface area contributed by atoms with Gasteiger partial charge in [0, 0.05) is 6.42 Å². The monoisotopic (exact) mass is 252 g/mol. The van der Waals surface area contributed by atoms with Crippen molar-refractivity contribution in [3.63, 3.8) is 0 Å². The Bertz CT molecular complexity index is 345. The van der Waals surface area contributed by atoms with Crippen LogP contribution in [-0.4, -0.2) is 41.2 Å². The van der Waals surface area contributed by atoms with Crippen LogP contribution >= 0.6 is 0 Å². The van der Waals surface area contributed by atoms with Crippen LogP contribution in [0.2, 0.25) is 0 Å². The molecule has 2 rings (SSSR count). The van der Waals surface area contributed by atoms with Crippen molar-refractivity contribution in [2.75, 3.05) is 26.2 Å². The predicted octanol–water partition coefficient (Wildman–Crippen LogP) is 1.45. The van der Waals surface area contributed by atoms with Crippen LogP contribution in [0, 0.1) is 5.92 Å². The lowest BCUT2D eigenvalue weighted by Crippen LogP contribution is -2.36. The number of aryl methyl sites for hydroxylation is 1. The molecule has 1 saturated heterocycles. The van der Waals surface area contributed by atoms with Crippen LogP contribution in [-0.2, 0) is 13.0 Å². The van der Waals surface area contributed by atoms with Crippen LogP contribution < -0.4 is 5.32 Å². The van der Waals surface area contributed by atoms with Gasteiger partial charge in [0.05, 0.1) is 6.54 Å². The number of hydrogen-bond donors (Lipinski definition) is 1. The van der Waals surface area contributed by atoms with E-state index < -0.39 is 0 Å². The maximum atomic E-state index is 5.23. The Morgan fingerprint density at radius 2 is 2.11 bits per heavy atom. The van der Waals surface area contributed by atoms with Gasteiger partial charge in [0.15, 0.2) is 5.82 Å². The van der Waals surface area contributed by atoms with Crippen molar-refractivity contribution < 1.29 is 4.52 Å². The number of aromatic nitrogens is 2. The van der Waals surface area contributed by atoms with Gasteiger partial charge in [0.25, 0.3) is 0 Å². The van der Waals surface area contributed by atoms with Crippen LogP contribution in [0.25, 0.3) is 0 Å². The number of nitrogens with zero attached hydrogens (tertiary/aromatic N) is 3. The second-order valence-electron chi connectivity index (χ2n) is 4.99. The van der Waals surface area contributed by atoms with E-state index in [0.717, 1.165) is 56.8 Å². The number of hydrogen-bond acceptors (Lipinski definition) is 5. The molecule has 2 heterocycles. The highest BCUT2D eigenvalue weighted by Gasteiger charge is 2.20. The Balaban J connectivity index is 1.73. The van der Waals surface area contributed by atoms with Gasteiger partial charge in [0.2, 0.25) is 5.89 Å². The van der Waals surface area contributed by atoms with E-state index in [0.29, 0.717) is 0 Å². The molecule has 0 amide bonds. The van der Waals surface area contributed by atoms with Crippen LogP contribution in [0.5, 0.6) is 0 Å². The molecule has 0 aromatic carbocycles. The molecule has 0 bridgehead atoms. The lowest BCUT2D eigenvalue weighted by molar-refractivity contribution is 0.158. The first-order valence-electron chi connectivity index (χ1n) is 7.06. The summed E-state index contributed by atoms with van der Waals surface area (Å²) in [6.07, 6.45) is 3.37. The van der Waals surface area contributed by atoms with Crippen LogP contribution in [0.15, 0.2) is 4.52 Å². The number of rotatable bonds is 6. The van der Waals surface area contributed by atoms with Gasteiger partial charge in [0.1, 0.15) is 0 Å². The van der Waals surface area contributed by atoms with Crippen molar-refractivity contribution >= 4 is 0 Å². The molecule has 1 aromatic heterocycles. The standard InChI is InChI=1S/C13H24N4O/c1-3-12-15-13(18-16-12)10-17-7-5-11(6-8-17)9-14-4-2/h11,14H,3-10H2,1-2H3.